The molecule has 0 saturated heterocycles. The second-order valence-corrected chi connectivity index (χ2v) is 4.01. The van der Waals surface area contributed by atoms with Crippen LogP contribution in [0.1, 0.15) is 25.7 Å². The van der Waals surface area contributed by atoms with Gasteiger partial charge < -0.3 is 7.43 Å². The molecule has 2 heteroatoms. The van der Waals surface area contributed by atoms with Crippen molar-refractivity contribution in [3.8, 4) is 0 Å². The Kier molecular flexibility index (Phi) is 27.1. The fourth-order valence-corrected chi connectivity index (χ4v) is 1.36. The summed E-state index contributed by atoms with van der Waals surface area (Å²) < 4.78 is 0. The van der Waals surface area contributed by atoms with Crippen LogP contribution < -0.4 is 0 Å². The third-order valence-corrected chi connectivity index (χ3v) is 2.34. The molecule has 0 unspecified atom stereocenters. The van der Waals surface area contributed by atoms with Crippen molar-refractivity contribution >= 4 is 0 Å². The van der Waals surface area contributed by atoms with Crippen molar-refractivity contribution in [3.05, 3.63) is 105 Å². The SMILES string of the molecule is [C-]1=CC=CC1.[C-]1=CC=CC1.[C-]1=CC=CC1.[C-]1=CC=CC1.[CH3-].[Fe+2].[Fe+3]. The standard InChI is InChI=1S/4C5H5.CH3.2Fe/c4*1-2-4-5-3-1;;;/h4*1-3H,4H2;1H3;;/q5*-1;+2;+3. The zero-order chi connectivity index (χ0) is 14.1. The molecular formula is C21H23Fe2. The molecule has 23 heavy (non-hydrogen) atoms. The van der Waals surface area contributed by atoms with Crippen LogP contribution in [0, 0.1) is 31.7 Å². The van der Waals surface area contributed by atoms with E-state index < -0.39 is 0 Å². The van der Waals surface area contributed by atoms with Gasteiger partial charge in [0.25, 0.3) is 0 Å². The van der Waals surface area contributed by atoms with Crippen molar-refractivity contribution in [2.24, 2.45) is 0 Å². The van der Waals surface area contributed by atoms with E-state index in [1.165, 1.54) is 0 Å². The van der Waals surface area contributed by atoms with E-state index in [1.807, 2.05) is 48.6 Å². The predicted molar refractivity (Wildman–Crippen MR) is 92.7 cm³/mol. The molecule has 0 bridgehead atoms. The quantitative estimate of drug-likeness (QED) is 0.371. The third-order valence-electron chi connectivity index (χ3n) is 2.34. The van der Waals surface area contributed by atoms with Crippen molar-refractivity contribution < 1.29 is 34.1 Å². The molecule has 4 aliphatic carbocycles. The molecule has 0 N–H and O–H groups in total. The fraction of sp³-hybridized carbons (Fsp3) is 0.190. The topological polar surface area (TPSA) is 0 Å². The van der Waals surface area contributed by atoms with Crippen LogP contribution in [0.4, 0.5) is 0 Å². The normalized spacial score (nSPS) is 15.3. The average Bonchev–Trinajstić information content (AvgIpc) is 3.40. The van der Waals surface area contributed by atoms with Crippen LogP contribution >= 0.6 is 0 Å². The van der Waals surface area contributed by atoms with E-state index in [0.29, 0.717) is 0 Å². The maximum absolute atomic E-state index is 2.99. The second-order valence-electron chi connectivity index (χ2n) is 4.01. The van der Waals surface area contributed by atoms with Crippen LogP contribution in [0.2, 0.25) is 0 Å². The Morgan fingerprint density at radius 1 is 0.478 bits per heavy atom. The van der Waals surface area contributed by atoms with Gasteiger partial charge in [0, 0.05) is 0 Å². The van der Waals surface area contributed by atoms with Crippen LogP contribution in [-0.4, -0.2) is 0 Å². The summed E-state index contributed by atoms with van der Waals surface area (Å²) in [5.41, 5.74) is 0. The molecule has 0 aromatic rings. The van der Waals surface area contributed by atoms with Crippen LogP contribution in [0.5, 0.6) is 0 Å². The summed E-state index contributed by atoms with van der Waals surface area (Å²) in [6.45, 7) is 0. The minimum atomic E-state index is 0. The van der Waals surface area contributed by atoms with Crippen molar-refractivity contribution in [1.82, 2.24) is 0 Å². The molecule has 0 saturated carbocycles. The zero-order valence-electron chi connectivity index (χ0n) is 13.5. The van der Waals surface area contributed by atoms with Gasteiger partial charge in [0.15, 0.2) is 0 Å². The number of rotatable bonds is 0. The summed E-state index contributed by atoms with van der Waals surface area (Å²) in [6, 6.07) is 0. The molecule has 1 radical (unpaired) electrons. The van der Waals surface area contributed by atoms with Crippen molar-refractivity contribution in [2.45, 2.75) is 25.7 Å². The summed E-state index contributed by atoms with van der Waals surface area (Å²) in [4.78, 5) is 0. The van der Waals surface area contributed by atoms with Gasteiger partial charge in [-0.3, -0.25) is 24.3 Å². The Morgan fingerprint density at radius 3 is 0.739 bits per heavy atom. The number of allylic oxidation sites excluding steroid dienone is 16. The molecular weight excluding hydrogens is 364 g/mol. The fourth-order valence-electron chi connectivity index (χ4n) is 1.36. The molecule has 4 aliphatic rings. The van der Waals surface area contributed by atoms with E-state index in [2.05, 4.69) is 48.6 Å². The molecule has 0 heterocycles. The molecule has 0 aromatic carbocycles. The van der Waals surface area contributed by atoms with Crippen molar-refractivity contribution in [2.75, 3.05) is 0 Å². The Balaban J connectivity index is -0.000000222. The van der Waals surface area contributed by atoms with Gasteiger partial charge in [0.2, 0.25) is 0 Å². The first-order valence-corrected chi connectivity index (χ1v) is 6.87. The smallest absolute Gasteiger partial charge is 0.358 e. The summed E-state index contributed by atoms with van der Waals surface area (Å²) >= 11 is 0. The molecule has 123 valence electrons. The van der Waals surface area contributed by atoms with E-state index >= 15 is 0 Å². The van der Waals surface area contributed by atoms with E-state index in [9.17, 15) is 0 Å². The van der Waals surface area contributed by atoms with Gasteiger partial charge >= 0.3 is 34.1 Å². The Hall–Kier alpha value is -1.04. The van der Waals surface area contributed by atoms with Crippen molar-refractivity contribution in [3.63, 3.8) is 0 Å². The van der Waals surface area contributed by atoms with Crippen LogP contribution in [0.3, 0.4) is 0 Å². The predicted octanol–water partition coefficient (Wildman–Crippen LogP) is 5.67. The molecule has 0 aliphatic heterocycles. The summed E-state index contributed by atoms with van der Waals surface area (Å²) in [6.07, 6.45) is 40.0. The Morgan fingerprint density at radius 2 is 0.696 bits per heavy atom. The minimum Gasteiger partial charge on any atom is -0.358 e. The summed E-state index contributed by atoms with van der Waals surface area (Å²) in [7, 11) is 0. The van der Waals surface area contributed by atoms with E-state index in [-0.39, 0.29) is 41.6 Å². The van der Waals surface area contributed by atoms with Crippen molar-refractivity contribution in [1.29, 1.82) is 0 Å². The number of hydrogen-bond acceptors (Lipinski definition) is 0. The zero-order valence-corrected chi connectivity index (χ0v) is 15.7. The van der Waals surface area contributed by atoms with Crippen LogP contribution in [0.25, 0.3) is 0 Å². The largest absolute Gasteiger partial charge is 3.00 e. The molecule has 0 fully saturated rings. The minimum absolute atomic E-state index is 0. The van der Waals surface area contributed by atoms with Gasteiger partial charge in [-0.2, -0.15) is 24.3 Å². The molecule has 0 nitrogen and oxygen atoms in total. The number of hydrogen-bond donors (Lipinski definition) is 0. The summed E-state index contributed by atoms with van der Waals surface area (Å²) in [5.74, 6) is 0. The third kappa shape index (κ3) is 21.0. The van der Waals surface area contributed by atoms with E-state index in [4.69, 9.17) is 0 Å². The van der Waals surface area contributed by atoms with E-state index in [0.717, 1.165) is 25.7 Å². The van der Waals surface area contributed by atoms with Gasteiger partial charge in [-0.25, -0.2) is 48.6 Å². The summed E-state index contributed by atoms with van der Waals surface area (Å²) in [5, 5.41) is 0. The van der Waals surface area contributed by atoms with Gasteiger partial charge in [-0.05, 0) is 0 Å². The Bertz CT molecular complexity index is 330. The first kappa shape index (κ1) is 26.8. The molecule has 0 atom stereocenters. The van der Waals surface area contributed by atoms with E-state index in [1.54, 1.807) is 0 Å². The monoisotopic (exact) mass is 387 g/mol. The maximum atomic E-state index is 2.99. The van der Waals surface area contributed by atoms with Gasteiger partial charge in [-0.1, -0.05) is 0 Å². The molecule has 0 amide bonds. The molecule has 0 spiro atoms. The average molecular weight is 387 g/mol. The second kappa shape index (κ2) is 23.2. The van der Waals surface area contributed by atoms with Gasteiger partial charge in [0.05, 0.1) is 0 Å². The molecule has 0 aromatic heterocycles. The van der Waals surface area contributed by atoms with Gasteiger partial charge in [-0.15, -0.1) is 25.7 Å². The van der Waals surface area contributed by atoms with Crippen LogP contribution in [0.15, 0.2) is 72.9 Å². The Labute approximate surface area is 164 Å². The van der Waals surface area contributed by atoms with Gasteiger partial charge in [0.1, 0.15) is 0 Å². The first-order chi connectivity index (χ1) is 10.0. The first-order valence-electron chi connectivity index (χ1n) is 6.87. The molecule has 4 rings (SSSR count). The van der Waals surface area contributed by atoms with Crippen LogP contribution in [-0.2, 0) is 34.1 Å². The maximum Gasteiger partial charge on any atom is 3.00 e.